The van der Waals surface area contributed by atoms with Gasteiger partial charge in [-0.1, -0.05) is 19.3 Å². The first kappa shape index (κ1) is 20.1. The number of carbonyl (C=O) groups is 1. The van der Waals surface area contributed by atoms with Gasteiger partial charge in [-0.3, -0.25) is 4.79 Å². The molecule has 0 radical (unpaired) electrons. The minimum Gasteiger partial charge on any atom is -0.381 e. The van der Waals surface area contributed by atoms with Gasteiger partial charge in [-0.05, 0) is 43.9 Å². The van der Waals surface area contributed by atoms with Crippen molar-refractivity contribution in [2.75, 3.05) is 32.6 Å². The molecule has 3 N–H and O–H groups in total. The van der Waals surface area contributed by atoms with Crippen molar-refractivity contribution in [2.24, 2.45) is 11.1 Å². The fourth-order valence-corrected chi connectivity index (χ4v) is 4.41. The third kappa shape index (κ3) is 5.29. The fraction of sp³-hybridized carbons (Fsp3) is 0.938. The van der Waals surface area contributed by atoms with Crippen LogP contribution in [0.25, 0.3) is 0 Å². The van der Waals surface area contributed by atoms with Crippen molar-refractivity contribution in [3.63, 3.8) is 0 Å². The lowest BCUT2D eigenvalue weighted by atomic mass is 9.71. The number of rotatable bonds is 6. The normalized spacial score (nSPS) is 23.4. The summed E-state index contributed by atoms with van der Waals surface area (Å²) in [5.74, 6) is 0.183. The zero-order valence-corrected chi connectivity index (χ0v) is 15.3. The molecule has 2 rings (SSSR count). The lowest BCUT2D eigenvalue weighted by molar-refractivity contribution is -0.124. The molecule has 1 saturated carbocycles. The van der Waals surface area contributed by atoms with Gasteiger partial charge in [0.15, 0.2) is 0 Å². The predicted molar refractivity (Wildman–Crippen MR) is 95.7 cm³/mol. The van der Waals surface area contributed by atoms with Crippen LogP contribution >= 0.6 is 24.2 Å². The van der Waals surface area contributed by atoms with Crippen LogP contribution in [0.4, 0.5) is 0 Å². The Morgan fingerprint density at radius 3 is 2.36 bits per heavy atom. The number of hydrogen-bond donors (Lipinski definition) is 2. The Hall–Kier alpha value is 0.0300. The van der Waals surface area contributed by atoms with E-state index >= 15 is 0 Å². The first-order valence-corrected chi connectivity index (χ1v) is 9.46. The molecule has 0 aromatic carbocycles. The number of halogens is 1. The maximum absolute atomic E-state index is 12.4. The standard InChI is InChI=1S/C16H30N2O2S.ClH/c1-21-16(7-9-20-10-8-16)13-18-14(19)11-15(12-17)5-3-2-4-6-15;/h2-13,17H2,1H3,(H,18,19);1H. The van der Waals surface area contributed by atoms with E-state index < -0.39 is 0 Å². The zero-order valence-electron chi connectivity index (χ0n) is 13.7. The number of nitrogens with two attached hydrogens (primary N) is 1. The molecule has 6 heteroatoms. The van der Waals surface area contributed by atoms with Gasteiger partial charge in [0.25, 0.3) is 0 Å². The highest BCUT2D eigenvalue weighted by Gasteiger charge is 2.35. The number of carbonyl (C=O) groups excluding carboxylic acids is 1. The Balaban J connectivity index is 0.00000242. The highest BCUT2D eigenvalue weighted by atomic mass is 35.5. The second kappa shape index (κ2) is 9.36. The molecular formula is C16H31ClN2O2S. The summed E-state index contributed by atoms with van der Waals surface area (Å²) in [6.45, 7) is 3.02. The number of hydrogen-bond acceptors (Lipinski definition) is 4. The average Bonchev–Trinajstić information content (AvgIpc) is 2.55. The van der Waals surface area contributed by atoms with Crippen molar-refractivity contribution < 1.29 is 9.53 Å². The first-order valence-electron chi connectivity index (χ1n) is 8.23. The van der Waals surface area contributed by atoms with Gasteiger partial charge in [0.1, 0.15) is 0 Å². The van der Waals surface area contributed by atoms with E-state index in [0.29, 0.717) is 13.0 Å². The van der Waals surface area contributed by atoms with E-state index in [9.17, 15) is 4.79 Å². The van der Waals surface area contributed by atoms with Crippen LogP contribution in [0.3, 0.4) is 0 Å². The summed E-state index contributed by atoms with van der Waals surface area (Å²) in [7, 11) is 0. The molecule has 0 bridgehead atoms. The summed E-state index contributed by atoms with van der Waals surface area (Å²) < 4.78 is 5.61. The molecule has 4 nitrogen and oxygen atoms in total. The van der Waals surface area contributed by atoms with Crippen LogP contribution < -0.4 is 11.1 Å². The van der Waals surface area contributed by atoms with Crippen LogP contribution in [0.1, 0.15) is 51.4 Å². The van der Waals surface area contributed by atoms with Gasteiger partial charge >= 0.3 is 0 Å². The van der Waals surface area contributed by atoms with Gasteiger partial charge in [-0.2, -0.15) is 11.8 Å². The molecule has 0 unspecified atom stereocenters. The van der Waals surface area contributed by atoms with Crippen molar-refractivity contribution in [3.05, 3.63) is 0 Å². The van der Waals surface area contributed by atoms with Gasteiger partial charge in [0.2, 0.25) is 5.91 Å². The quantitative estimate of drug-likeness (QED) is 0.773. The monoisotopic (exact) mass is 350 g/mol. The van der Waals surface area contributed by atoms with Gasteiger partial charge in [0.05, 0.1) is 0 Å². The van der Waals surface area contributed by atoms with E-state index in [-0.39, 0.29) is 28.5 Å². The molecule has 2 aliphatic rings. The summed E-state index contributed by atoms with van der Waals surface area (Å²) >= 11 is 1.87. The fourth-order valence-electron chi connectivity index (χ4n) is 3.61. The molecule has 1 aliphatic carbocycles. The largest absolute Gasteiger partial charge is 0.381 e. The van der Waals surface area contributed by atoms with Crippen molar-refractivity contribution >= 4 is 30.1 Å². The van der Waals surface area contributed by atoms with Crippen LogP contribution in [-0.2, 0) is 9.53 Å². The zero-order chi connectivity index (χ0) is 15.2. The van der Waals surface area contributed by atoms with Crippen molar-refractivity contribution in [3.8, 4) is 0 Å². The molecule has 1 saturated heterocycles. The highest BCUT2D eigenvalue weighted by molar-refractivity contribution is 8.00. The molecule has 22 heavy (non-hydrogen) atoms. The Bertz CT molecular complexity index is 343. The number of nitrogens with one attached hydrogen (secondary N) is 1. The van der Waals surface area contributed by atoms with Crippen LogP contribution in [0.15, 0.2) is 0 Å². The van der Waals surface area contributed by atoms with Crippen LogP contribution in [0.2, 0.25) is 0 Å². The van der Waals surface area contributed by atoms with E-state index in [0.717, 1.165) is 45.4 Å². The summed E-state index contributed by atoms with van der Waals surface area (Å²) in [6.07, 6.45) is 10.7. The van der Waals surface area contributed by atoms with Gasteiger partial charge < -0.3 is 15.8 Å². The Morgan fingerprint density at radius 1 is 1.18 bits per heavy atom. The number of ether oxygens (including phenoxy) is 1. The van der Waals surface area contributed by atoms with Crippen molar-refractivity contribution in [1.29, 1.82) is 0 Å². The summed E-state index contributed by atoms with van der Waals surface area (Å²) in [5.41, 5.74) is 6.04. The smallest absolute Gasteiger partial charge is 0.220 e. The average molecular weight is 351 g/mol. The van der Waals surface area contributed by atoms with Crippen LogP contribution in [-0.4, -0.2) is 43.2 Å². The van der Waals surface area contributed by atoms with E-state index in [4.69, 9.17) is 10.5 Å². The highest BCUT2D eigenvalue weighted by Crippen LogP contribution is 2.38. The minimum atomic E-state index is 0. The summed E-state index contributed by atoms with van der Waals surface area (Å²) in [6, 6.07) is 0. The van der Waals surface area contributed by atoms with E-state index in [1.165, 1.54) is 19.3 Å². The SMILES string of the molecule is CSC1(CNC(=O)CC2(CN)CCCCC2)CCOCC1.Cl. The molecule has 0 aromatic heterocycles. The molecule has 1 amide bonds. The van der Waals surface area contributed by atoms with Gasteiger partial charge in [-0.25, -0.2) is 0 Å². The number of thioether (sulfide) groups is 1. The Morgan fingerprint density at radius 2 is 1.82 bits per heavy atom. The third-order valence-corrected chi connectivity index (χ3v) is 6.75. The van der Waals surface area contributed by atoms with Gasteiger partial charge in [0, 0.05) is 30.9 Å². The maximum atomic E-state index is 12.4. The van der Waals surface area contributed by atoms with Gasteiger partial charge in [-0.15, -0.1) is 12.4 Å². The topological polar surface area (TPSA) is 64.4 Å². The second-order valence-electron chi connectivity index (χ2n) is 6.72. The van der Waals surface area contributed by atoms with E-state index in [1.54, 1.807) is 0 Å². The first-order chi connectivity index (χ1) is 10.1. The minimum absolute atomic E-state index is 0. The summed E-state index contributed by atoms with van der Waals surface area (Å²) in [4.78, 5) is 12.4. The van der Waals surface area contributed by atoms with Crippen molar-refractivity contribution in [1.82, 2.24) is 5.32 Å². The number of amides is 1. The molecule has 0 spiro atoms. The molecule has 130 valence electrons. The molecule has 0 aromatic rings. The third-order valence-electron chi connectivity index (χ3n) is 5.33. The maximum Gasteiger partial charge on any atom is 0.220 e. The van der Waals surface area contributed by atoms with E-state index in [2.05, 4.69) is 11.6 Å². The molecular weight excluding hydrogens is 320 g/mol. The van der Waals surface area contributed by atoms with Crippen molar-refractivity contribution in [2.45, 2.75) is 56.1 Å². The molecule has 1 heterocycles. The molecule has 0 atom stereocenters. The Kier molecular flexibility index (Phi) is 8.54. The lowest BCUT2D eigenvalue weighted by Crippen LogP contribution is -2.46. The van der Waals surface area contributed by atoms with Crippen LogP contribution in [0.5, 0.6) is 0 Å². The molecule has 1 aliphatic heterocycles. The predicted octanol–water partition coefficient (Wildman–Crippen LogP) is 2.74. The molecule has 2 fully saturated rings. The lowest BCUT2D eigenvalue weighted by Gasteiger charge is -2.38. The van der Waals surface area contributed by atoms with E-state index in [1.807, 2.05) is 11.8 Å². The van der Waals surface area contributed by atoms with Crippen LogP contribution in [0, 0.1) is 5.41 Å². The Labute approximate surface area is 145 Å². The summed E-state index contributed by atoms with van der Waals surface area (Å²) in [5, 5.41) is 3.18. The second-order valence-corrected chi connectivity index (χ2v) is 7.99.